The molecule has 0 amide bonds. The van der Waals surface area contributed by atoms with Gasteiger partial charge in [-0.3, -0.25) is 0 Å². The van der Waals surface area contributed by atoms with Crippen molar-refractivity contribution in [3.05, 3.63) is 0 Å². The second-order valence-corrected chi connectivity index (χ2v) is 2.02. The van der Waals surface area contributed by atoms with E-state index < -0.39 is 0 Å². The van der Waals surface area contributed by atoms with E-state index in [-0.39, 0.29) is 12.3 Å². The van der Waals surface area contributed by atoms with Gasteiger partial charge in [0.15, 0.2) is 0 Å². The van der Waals surface area contributed by atoms with Gasteiger partial charge in [0.1, 0.15) is 0 Å². The standard InChI is InChI=1S/C5H10O.CO2/c6-5-3-1-2-4-5;2-1-3/h5-6H,1-4H2;. The fraction of sp³-hybridized carbons (Fsp3) is 0.833. The molecule has 0 saturated heterocycles. The zero-order valence-electron chi connectivity index (χ0n) is 5.17. The molecule has 1 N–H and O–H groups in total. The highest BCUT2D eigenvalue weighted by Gasteiger charge is 2.09. The van der Waals surface area contributed by atoms with E-state index in [1.165, 1.54) is 12.8 Å². The summed E-state index contributed by atoms with van der Waals surface area (Å²) in [6.07, 6.45) is 4.85. The average molecular weight is 130 g/mol. The molecule has 3 heteroatoms. The van der Waals surface area contributed by atoms with Crippen LogP contribution < -0.4 is 0 Å². The van der Waals surface area contributed by atoms with Crippen LogP contribution in [0.25, 0.3) is 0 Å². The van der Waals surface area contributed by atoms with Crippen LogP contribution in [0.5, 0.6) is 0 Å². The third-order valence-electron chi connectivity index (χ3n) is 1.32. The summed E-state index contributed by atoms with van der Waals surface area (Å²) in [5.74, 6) is 0. The normalized spacial score (nSPS) is 17.9. The van der Waals surface area contributed by atoms with Gasteiger partial charge in [0.2, 0.25) is 0 Å². The van der Waals surface area contributed by atoms with E-state index in [1.54, 1.807) is 0 Å². The molecule has 1 aliphatic carbocycles. The lowest BCUT2D eigenvalue weighted by atomic mass is 10.3. The number of hydrogen-bond acceptors (Lipinski definition) is 3. The summed E-state index contributed by atoms with van der Waals surface area (Å²) in [5.41, 5.74) is 0. The molecule has 0 radical (unpaired) electrons. The van der Waals surface area contributed by atoms with Gasteiger partial charge in [0.25, 0.3) is 0 Å². The molecule has 0 bridgehead atoms. The van der Waals surface area contributed by atoms with Gasteiger partial charge in [0.05, 0.1) is 6.10 Å². The van der Waals surface area contributed by atoms with E-state index in [2.05, 4.69) is 0 Å². The van der Waals surface area contributed by atoms with Crippen molar-refractivity contribution >= 4 is 6.15 Å². The fourth-order valence-corrected chi connectivity index (χ4v) is 0.904. The van der Waals surface area contributed by atoms with E-state index >= 15 is 0 Å². The van der Waals surface area contributed by atoms with Gasteiger partial charge >= 0.3 is 6.15 Å². The molecule has 9 heavy (non-hydrogen) atoms. The second-order valence-electron chi connectivity index (χ2n) is 2.02. The van der Waals surface area contributed by atoms with Gasteiger partial charge in [-0.15, -0.1) is 0 Å². The summed E-state index contributed by atoms with van der Waals surface area (Å²) >= 11 is 0. The molecule has 1 saturated carbocycles. The Morgan fingerprint density at radius 1 is 1.22 bits per heavy atom. The van der Waals surface area contributed by atoms with Gasteiger partial charge in [-0.05, 0) is 12.8 Å². The van der Waals surface area contributed by atoms with Gasteiger partial charge in [-0.1, -0.05) is 12.8 Å². The molecule has 0 spiro atoms. The van der Waals surface area contributed by atoms with Crippen molar-refractivity contribution in [1.29, 1.82) is 0 Å². The Labute approximate surface area is 53.7 Å². The Bertz CT molecular complexity index is 88.5. The summed E-state index contributed by atoms with van der Waals surface area (Å²) in [6.45, 7) is 0. The van der Waals surface area contributed by atoms with Crippen molar-refractivity contribution in [3.8, 4) is 0 Å². The molecule has 3 nitrogen and oxygen atoms in total. The lowest BCUT2D eigenvalue weighted by Gasteiger charge is -1.91. The van der Waals surface area contributed by atoms with Gasteiger partial charge in [0, 0.05) is 0 Å². The predicted octanol–water partition coefficient (Wildman–Crippen LogP) is 0.338. The van der Waals surface area contributed by atoms with Crippen molar-refractivity contribution in [3.63, 3.8) is 0 Å². The molecule has 0 unspecified atom stereocenters. The van der Waals surface area contributed by atoms with Crippen LogP contribution in [0.2, 0.25) is 0 Å². The van der Waals surface area contributed by atoms with Crippen molar-refractivity contribution < 1.29 is 14.7 Å². The third-order valence-corrected chi connectivity index (χ3v) is 1.32. The van der Waals surface area contributed by atoms with Crippen LogP contribution in [-0.4, -0.2) is 17.4 Å². The minimum atomic E-state index is 0.0463. The molecule has 52 valence electrons. The van der Waals surface area contributed by atoms with Crippen molar-refractivity contribution in [2.24, 2.45) is 0 Å². The van der Waals surface area contributed by atoms with Crippen LogP contribution >= 0.6 is 0 Å². The van der Waals surface area contributed by atoms with Gasteiger partial charge in [-0.25, -0.2) is 0 Å². The third kappa shape index (κ3) is 5.21. The van der Waals surface area contributed by atoms with E-state index in [0.29, 0.717) is 0 Å². The SMILES string of the molecule is O=C=O.OC1CCCC1. The molecule has 0 aromatic carbocycles. The molecule has 0 aliphatic heterocycles. The molecule has 1 aliphatic rings. The van der Waals surface area contributed by atoms with Gasteiger partial charge in [-0.2, -0.15) is 9.59 Å². The Morgan fingerprint density at radius 2 is 1.56 bits per heavy atom. The lowest BCUT2D eigenvalue weighted by molar-refractivity contribution is -0.191. The Balaban J connectivity index is 0.000000187. The molecular weight excluding hydrogens is 120 g/mol. The Morgan fingerprint density at radius 3 is 1.67 bits per heavy atom. The minimum Gasteiger partial charge on any atom is -0.393 e. The highest BCUT2D eigenvalue weighted by Crippen LogP contribution is 2.16. The van der Waals surface area contributed by atoms with Crippen LogP contribution in [0.15, 0.2) is 0 Å². The molecule has 1 fully saturated rings. The van der Waals surface area contributed by atoms with Crippen LogP contribution in [0.4, 0.5) is 0 Å². The molecule has 1 rings (SSSR count). The summed E-state index contributed by atoms with van der Waals surface area (Å²) in [4.78, 5) is 16.2. The topological polar surface area (TPSA) is 54.4 Å². The first-order valence-corrected chi connectivity index (χ1v) is 2.98. The number of carbonyl (C=O) groups excluding carboxylic acids is 2. The smallest absolute Gasteiger partial charge is 0.373 e. The van der Waals surface area contributed by atoms with Crippen molar-refractivity contribution in [2.75, 3.05) is 0 Å². The molecular formula is C6H10O3. The zero-order chi connectivity index (χ0) is 7.11. The quantitative estimate of drug-likeness (QED) is 0.514. The van der Waals surface area contributed by atoms with Crippen LogP contribution in [0, 0.1) is 0 Å². The fourth-order valence-electron chi connectivity index (χ4n) is 0.904. The Kier molecular flexibility index (Phi) is 5.07. The van der Waals surface area contributed by atoms with E-state index in [9.17, 15) is 0 Å². The monoisotopic (exact) mass is 130 g/mol. The minimum absolute atomic E-state index is 0.0463. The maximum absolute atomic E-state index is 8.73. The predicted molar refractivity (Wildman–Crippen MR) is 29.5 cm³/mol. The van der Waals surface area contributed by atoms with Crippen LogP contribution in [-0.2, 0) is 9.59 Å². The highest BCUT2D eigenvalue weighted by atomic mass is 16.3. The van der Waals surface area contributed by atoms with Crippen molar-refractivity contribution in [1.82, 2.24) is 0 Å². The molecule has 0 atom stereocenters. The average Bonchev–Trinajstić information content (AvgIpc) is 2.20. The summed E-state index contributed by atoms with van der Waals surface area (Å²) < 4.78 is 0. The molecule has 0 aromatic rings. The maximum Gasteiger partial charge on any atom is 0.373 e. The second kappa shape index (κ2) is 5.48. The summed E-state index contributed by atoms with van der Waals surface area (Å²) in [6, 6.07) is 0. The van der Waals surface area contributed by atoms with Crippen molar-refractivity contribution in [2.45, 2.75) is 31.8 Å². The first-order valence-electron chi connectivity index (χ1n) is 2.98. The van der Waals surface area contributed by atoms with Crippen LogP contribution in [0.3, 0.4) is 0 Å². The molecule has 0 heterocycles. The summed E-state index contributed by atoms with van der Waals surface area (Å²) in [7, 11) is 0. The zero-order valence-corrected chi connectivity index (χ0v) is 5.17. The molecule has 0 aromatic heterocycles. The largest absolute Gasteiger partial charge is 0.393 e. The summed E-state index contributed by atoms with van der Waals surface area (Å²) in [5, 5.41) is 8.73. The number of aliphatic hydroxyl groups is 1. The van der Waals surface area contributed by atoms with E-state index in [1.807, 2.05) is 0 Å². The van der Waals surface area contributed by atoms with E-state index in [0.717, 1.165) is 12.8 Å². The first-order chi connectivity index (χ1) is 4.31. The number of hydrogen-bond donors (Lipinski definition) is 1. The van der Waals surface area contributed by atoms with Gasteiger partial charge < -0.3 is 5.11 Å². The number of aliphatic hydroxyl groups excluding tert-OH is 1. The highest BCUT2D eigenvalue weighted by molar-refractivity contribution is 5.20. The number of rotatable bonds is 0. The van der Waals surface area contributed by atoms with Crippen LogP contribution in [0.1, 0.15) is 25.7 Å². The lowest BCUT2D eigenvalue weighted by Crippen LogP contribution is -1.94. The maximum atomic E-state index is 8.73. The first kappa shape index (κ1) is 8.34. The van der Waals surface area contributed by atoms with E-state index in [4.69, 9.17) is 14.7 Å². The Hall–Kier alpha value is -0.660.